The third-order valence-electron chi connectivity index (χ3n) is 6.26. The number of nitrogens with zero attached hydrogens (tertiary/aromatic N) is 2. The van der Waals surface area contributed by atoms with Gasteiger partial charge in [-0.25, -0.2) is 56.6 Å². The van der Waals surface area contributed by atoms with Crippen molar-refractivity contribution in [3.05, 3.63) is 112 Å². The summed E-state index contributed by atoms with van der Waals surface area (Å²) in [7, 11) is -3.55. The number of carboxylic acid groups (broad SMARTS) is 9. The lowest BCUT2D eigenvalue weighted by Gasteiger charge is -2.10. The number of carbonyl (C=O) groups is 9. The van der Waals surface area contributed by atoms with Crippen LogP contribution < -0.4 is 4.57 Å². The average Bonchev–Trinajstić information content (AvgIpc) is 3.18. The molecular weight excluding hydrogens is 880 g/mol. The van der Waals surface area contributed by atoms with Crippen LogP contribution in [0.25, 0.3) is 0 Å². The van der Waals surface area contributed by atoms with E-state index in [2.05, 4.69) is 11.4 Å². The monoisotopic (exact) mass is 906 g/mol. The van der Waals surface area contributed by atoms with Gasteiger partial charge in [-0.15, -0.1) is 6.42 Å². The molecule has 2 heterocycles. The number of benzene rings is 2. The highest BCUT2D eigenvalue weighted by Gasteiger charge is 2.20. The Bertz CT molecular complexity index is 2530. The van der Waals surface area contributed by atoms with E-state index in [1.807, 2.05) is 0 Å². The maximum Gasteiger partial charge on any atom is 0.401 e. The summed E-state index contributed by atoms with van der Waals surface area (Å²) in [6, 6.07) is 8.40. The van der Waals surface area contributed by atoms with Crippen molar-refractivity contribution in [1.29, 1.82) is 0 Å². The predicted octanol–water partition coefficient (Wildman–Crippen LogP) is -0.0125. The van der Waals surface area contributed by atoms with E-state index in [4.69, 9.17) is 70.6 Å². The number of carboxylic acids is 9. The smallest absolute Gasteiger partial charge is 0.401 e. The Labute approximate surface area is 348 Å². The summed E-state index contributed by atoms with van der Waals surface area (Å²) in [5.74, 6) is -11.6. The van der Waals surface area contributed by atoms with Gasteiger partial charge in [0, 0.05) is 18.2 Å². The van der Waals surface area contributed by atoms with Gasteiger partial charge in [0.05, 0.1) is 21.6 Å². The predicted molar refractivity (Wildman–Crippen MR) is 193 cm³/mol. The number of terminal acetylenes is 1. The van der Waals surface area contributed by atoms with Crippen LogP contribution in [-0.4, -0.2) is 134 Å². The molecule has 0 radical (unpaired) electrons. The van der Waals surface area contributed by atoms with E-state index in [9.17, 15) is 51.3 Å². The number of pyridine rings is 2. The molecule has 332 valence electrons. The Morgan fingerprint density at radius 3 is 1.27 bits per heavy atom. The van der Waals surface area contributed by atoms with Gasteiger partial charge in [0.15, 0.2) is 6.20 Å². The van der Waals surface area contributed by atoms with Crippen LogP contribution in [-0.2, 0) is 31.5 Å². The largest absolute Gasteiger partial charge is 0.744 e. The van der Waals surface area contributed by atoms with E-state index in [-0.39, 0.29) is 28.7 Å². The SMILES string of the molecule is C#CC(=O)O.C[n+]1cc(C(=O)O)ccc1C(=O)O.O=C(O)c1cc(O)c(C(=O)O)cc1O.O=C(O)c1ccc(C(=O)O)c(S(=O)(=O)[O-])c1.O=C(O)c1ccc(C(=O)O)nc1.O=C=O. The van der Waals surface area contributed by atoms with Gasteiger partial charge in [-0.2, -0.15) is 14.2 Å². The molecule has 4 aromatic rings. The quantitative estimate of drug-likeness (QED) is 0.0455. The van der Waals surface area contributed by atoms with Crippen molar-refractivity contribution < 1.29 is 126 Å². The van der Waals surface area contributed by atoms with Crippen LogP contribution in [0.2, 0.25) is 0 Å². The van der Waals surface area contributed by atoms with Crippen LogP contribution in [0.3, 0.4) is 0 Å². The lowest BCUT2D eigenvalue weighted by molar-refractivity contribution is -0.674. The maximum absolute atomic E-state index is 10.7. The highest BCUT2D eigenvalue weighted by Crippen LogP contribution is 2.27. The van der Waals surface area contributed by atoms with Gasteiger partial charge in [0.25, 0.3) is 5.69 Å². The van der Waals surface area contributed by atoms with E-state index in [1.54, 1.807) is 0 Å². The molecule has 11 N–H and O–H groups in total. The molecule has 0 fully saturated rings. The van der Waals surface area contributed by atoms with Crippen molar-refractivity contribution in [3.8, 4) is 23.8 Å². The van der Waals surface area contributed by atoms with E-state index in [0.29, 0.717) is 18.2 Å². The number of aliphatic carboxylic acids is 1. The molecule has 27 nitrogen and oxygen atoms in total. The average molecular weight is 907 g/mol. The highest BCUT2D eigenvalue weighted by atomic mass is 32.2. The maximum atomic E-state index is 10.7. The molecular formula is C35H26N2O25S. The van der Waals surface area contributed by atoms with Crippen molar-refractivity contribution in [2.24, 2.45) is 7.05 Å². The van der Waals surface area contributed by atoms with Crippen LogP contribution in [0.15, 0.2) is 71.9 Å². The molecule has 0 aliphatic heterocycles. The first-order chi connectivity index (χ1) is 29.0. The molecule has 0 aliphatic rings. The molecule has 0 amide bonds. The summed E-state index contributed by atoms with van der Waals surface area (Å²) >= 11 is 0. The molecule has 0 bridgehead atoms. The Morgan fingerprint density at radius 1 is 0.587 bits per heavy atom. The number of rotatable bonds is 9. The standard InChI is InChI=1S/C8H7NO4.C8H6O7S.C8H6O6.C7H5NO4.C3H2O2.CO2/c1-9-4-5(7(10)11)2-3-6(9)8(12)13;9-7(10)4-1-2-5(8(11)12)6(3-4)16(13,14)15;9-5-1-3(7(11)12)6(10)2-4(5)8(13)14;9-6(10)4-1-2-5(7(11)12)8-3-4;1-2-3(4)5;2-1-3/h2-4H,1H3,(H-,10,11,12,13);1-3H,(H,9,10)(H,11,12)(H,13,14,15);1-2,9-10H,(H,11,12)(H,13,14);1-3H,(H,9,10)(H,11,12);1H,(H,4,5);. The first-order valence-corrected chi connectivity index (χ1v) is 16.6. The molecule has 0 saturated carbocycles. The van der Waals surface area contributed by atoms with E-state index < -0.39 is 102 Å². The second-order valence-corrected chi connectivity index (χ2v) is 11.7. The minimum Gasteiger partial charge on any atom is -0.744 e. The van der Waals surface area contributed by atoms with E-state index >= 15 is 0 Å². The highest BCUT2D eigenvalue weighted by molar-refractivity contribution is 7.85. The molecule has 0 atom stereocenters. The Balaban J connectivity index is 0. The van der Waals surface area contributed by atoms with Gasteiger partial charge in [-0.3, -0.25) is 0 Å². The Kier molecular flexibility index (Phi) is 22.7. The van der Waals surface area contributed by atoms with Crippen LogP contribution >= 0.6 is 0 Å². The summed E-state index contributed by atoms with van der Waals surface area (Å²) in [5.41, 5.74) is -2.41. The normalized spacial score (nSPS) is 9.29. The number of hydrogen-bond donors (Lipinski definition) is 11. The van der Waals surface area contributed by atoms with Crippen LogP contribution in [0, 0.1) is 12.3 Å². The molecule has 0 unspecified atom stereocenters. The van der Waals surface area contributed by atoms with Crippen molar-refractivity contribution in [2.45, 2.75) is 4.90 Å². The fourth-order valence-corrected chi connectivity index (χ4v) is 4.26. The lowest BCUT2D eigenvalue weighted by Crippen LogP contribution is -2.36. The molecule has 63 heavy (non-hydrogen) atoms. The topological polar surface area (TPSA) is 484 Å². The van der Waals surface area contributed by atoms with Gasteiger partial charge < -0.3 is 60.7 Å². The summed E-state index contributed by atoms with van der Waals surface area (Å²) in [5, 5.41) is 93.9. The second-order valence-electron chi connectivity index (χ2n) is 10.4. The number of aromatic nitrogens is 2. The fraction of sp³-hybridized carbons (Fsp3) is 0.0286. The number of phenols is 2. The first-order valence-electron chi connectivity index (χ1n) is 15.2. The summed E-state index contributed by atoms with van der Waals surface area (Å²) < 4.78 is 33.4. The summed E-state index contributed by atoms with van der Waals surface area (Å²) in [4.78, 5) is 111. The molecule has 0 saturated heterocycles. The summed E-state index contributed by atoms with van der Waals surface area (Å²) in [6.45, 7) is 0. The Hall–Kier alpha value is -9.58. The van der Waals surface area contributed by atoms with Gasteiger partial charge in [0.2, 0.25) is 0 Å². The molecule has 28 heteroatoms. The number of hydrogen-bond acceptors (Lipinski definition) is 17. The van der Waals surface area contributed by atoms with Crippen molar-refractivity contribution in [2.75, 3.05) is 0 Å². The van der Waals surface area contributed by atoms with Gasteiger partial charge in [0.1, 0.15) is 51.0 Å². The summed E-state index contributed by atoms with van der Waals surface area (Å²) in [6.07, 6.45) is 6.83. The van der Waals surface area contributed by atoms with Gasteiger partial charge in [-0.1, -0.05) is 0 Å². The second kappa shape index (κ2) is 25.7. The van der Waals surface area contributed by atoms with Crippen LogP contribution in [0.5, 0.6) is 11.5 Å². The minimum absolute atomic E-state index is 0.0278. The number of carbonyl (C=O) groups excluding carboxylic acids is 2. The molecule has 4 rings (SSSR count). The van der Waals surface area contributed by atoms with E-state index in [0.717, 1.165) is 24.4 Å². The van der Waals surface area contributed by atoms with Crippen molar-refractivity contribution in [1.82, 2.24) is 4.98 Å². The number of aromatic hydroxyl groups is 2. The van der Waals surface area contributed by atoms with Gasteiger partial charge in [-0.05, 0) is 48.5 Å². The van der Waals surface area contributed by atoms with Crippen LogP contribution in [0.4, 0.5) is 0 Å². The third kappa shape index (κ3) is 19.6. The first kappa shape index (κ1) is 55.5. The number of aryl methyl sites for hydroxylation is 1. The van der Waals surface area contributed by atoms with Gasteiger partial charge >= 0.3 is 59.9 Å². The lowest BCUT2D eigenvalue weighted by atomic mass is 10.1. The third-order valence-corrected chi connectivity index (χ3v) is 7.13. The molecule has 0 aliphatic carbocycles. The Morgan fingerprint density at radius 2 is 0.984 bits per heavy atom. The van der Waals surface area contributed by atoms with Crippen molar-refractivity contribution >= 4 is 70.0 Å². The zero-order chi connectivity index (χ0) is 49.5. The number of aromatic carboxylic acids is 8. The molecule has 2 aromatic heterocycles. The minimum atomic E-state index is -5.03. The zero-order valence-corrected chi connectivity index (χ0v) is 31.7. The fourth-order valence-electron chi connectivity index (χ4n) is 3.56. The van der Waals surface area contributed by atoms with Crippen molar-refractivity contribution in [3.63, 3.8) is 0 Å². The zero-order valence-electron chi connectivity index (χ0n) is 30.9. The van der Waals surface area contributed by atoms with E-state index in [1.165, 1.54) is 41.9 Å². The molecule has 2 aromatic carbocycles. The molecule has 0 spiro atoms. The van der Waals surface area contributed by atoms with Crippen LogP contribution in [0.1, 0.15) is 83.1 Å².